The minimum atomic E-state index is -0.242. The van der Waals surface area contributed by atoms with Crippen molar-refractivity contribution in [1.82, 2.24) is 0 Å². The number of rotatable bonds is 3. The fraction of sp³-hybridized carbons (Fsp3) is 0.429. The predicted molar refractivity (Wildman–Crippen MR) is 88.8 cm³/mol. The van der Waals surface area contributed by atoms with Crippen molar-refractivity contribution in [2.24, 2.45) is 17.4 Å². The quantitative estimate of drug-likeness (QED) is 0.815. The van der Waals surface area contributed by atoms with Gasteiger partial charge < -0.3 is 16.4 Å². The first-order valence-electron chi connectivity index (χ1n) is 6.55. The van der Waals surface area contributed by atoms with Crippen molar-refractivity contribution in [2.45, 2.75) is 25.8 Å². The van der Waals surface area contributed by atoms with Crippen LogP contribution in [0.2, 0.25) is 0 Å². The van der Waals surface area contributed by atoms with E-state index < -0.39 is 0 Å². The number of nitrogens with two attached hydrogens (primary N) is 2. The molecule has 1 saturated heterocycles. The number of amides is 1. The van der Waals surface area contributed by atoms with E-state index >= 15 is 0 Å². The molecule has 108 valence electrons. The van der Waals surface area contributed by atoms with Gasteiger partial charge in [0.2, 0.25) is 5.91 Å². The molecule has 0 saturated carbocycles. The lowest BCUT2D eigenvalue weighted by molar-refractivity contribution is -0.122. The molecule has 1 aromatic carbocycles. The molecule has 2 rings (SSSR count). The zero-order valence-corrected chi connectivity index (χ0v) is 13.7. The zero-order chi connectivity index (χ0) is 14.9. The number of carbonyl (C=O) groups excluding carboxylic acids is 1. The second-order valence-electron chi connectivity index (χ2n) is 5.20. The first kappa shape index (κ1) is 15.3. The molecule has 2 unspecified atom stereocenters. The van der Waals surface area contributed by atoms with Crippen molar-refractivity contribution in [1.29, 1.82) is 0 Å². The van der Waals surface area contributed by atoms with Crippen molar-refractivity contribution < 1.29 is 4.79 Å². The molecule has 1 fully saturated rings. The highest BCUT2D eigenvalue weighted by molar-refractivity contribution is 9.10. The second kappa shape index (κ2) is 6.10. The van der Waals surface area contributed by atoms with Crippen molar-refractivity contribution in [3.8, 4) is 0 Å². The molecule has 0 spiro atoms. The summed E-state index contributed by atoms with van der Waals surface area (Å²) < 4.78 is 0.959. The highest BCUT2D eigenvalue weighted by atomic mass is 79.9. The van der Waals surface area contributed by atoms with Gasteiger partial charge in [-0.15, -0.1) is 0 Å². The van der Waals surface area contributed by atoms with E-state index in [2.05, 4.69) is 27.8 Å². The summed E-state index contributed by atoms with van der Waals surface area (Å²) in [4.78, 5) is 14.0. The summed E-state index contributed by atoms with van der Waals surface area (Å²) in [7, 11) is 0. The number of halogens is 1. The molecular formula is C14H18BrN3OS. The molecular weight excluding hydrogens is 338 g/mol. The molecule has 6 heteroatoms. The Balaban J connectivity index is 2.40. The number of primary amides is 1. The average molecular weight is 356 g/mol. The second-order valence-corrected chi connectivity index (χ2v) is 6.56. The summed E-state index contributed by atoms with van der Waals surface area (Å²) in [6.45, 7) is 2.75. The third-order valence-electron chi connectivity index (χ3n) is 3.82. The molecule has 4 nitrogen and oxygen atoms in total. The molecule has 0 aliphatic carbocycles. The Morgan fingerprint density at radius 3 is 2.70 bits per heavy atom. The number of nitrogens with zero attached hydrogens (tertiary/aromatic N) is 1. The van der Waals surface area contributed by atoms with Gasteiger partial charge in [-0.3, -0.25) is 4.79 Å². The Morgan fingerprint density at radius 1 is 1.40 bits per heavy atom. The van der Waals surface area contributed by atoms with Crippen LogP contribution in [-0.4, -0.2) is 23.5 Å². The van der Waals surface area contributed by atoms with Gasteiger partial charge in [-0.1, -0.05) is 28.1 Å². The van der Waals surface area contributed by atoms with Gasteiger partial charge in [0.1, 0.15) is 4.99 Å². The lowest BCUT2D eigenvalue weighted by Crippen LogP contribution is -2.46. The molecule has 20 heavy (non-hydrogen) atoms. The molecule has 2 atom stereocenters. The molecule has 0 radical (unpaired) electrons. The van der Waals surface area contributed by atoms with Crippen LogP contribution in [0.5, 0.6) is 0 Å². The monoisotopic (exact) mass is 355 g/mol. The number of benzene rings is 1. The molecule has 4 N–H and O–H groups in total. The Bertz CT molecular complexity index is 549. The average Bonchev–Trinajstić information content (AvgIpc) is 2.38. The third-order valence-corrected chi connectivity index (χ3v) is 4.53. The Kier molecular flexibility index (Phi) is 4.65. The maximum atomic E-state index is 11.5. The van der Waals surface area contributed by atoms with Crippen LogP contribution in [0.1, 0.15) is 25.3 Å². The number of anilines is 1. The SMILES string of the molecule is CC1CCC(C(N)=O)CN1c1cc(Br)ccc1C(N)=S. The minimum Gasteiger partial charge on any atom is -0.389 e. The predicted octanol–water partition coefficient (Wildman–Crippen LogP) is 2.17. The highest BCUT2D eigenvalue weighted by Crippen LogP contribution is 2.32. The van der Waals surface area contributed by atoms with Gasteiger partial charge >= 0.3 is 0 Å². The number of hydrogen-bond donors (Lipinski definition) is 2. The first-order chi connectivity index (χ1) is 9.40. The molecule has 1 aliphatic rings. The van der Waals surface area contributed by atoms with Crippen LogP contribution >= 0.6 is 28.1 Å². The molecule has 1 amide bonds. The Labute approximate surface area is 132 Å². The summed E-state index contributed by atoms with van der Waals surface area (Å²) in [5, 5.41) is 0. The molecule has 1 aliphatic heterocycles. The third kappa shape index (κ3) is 3.12. The van der Waals surface area contributed by atoms with E-state index in [9.17, 15) is 4.79 Å². The van der Waals surface area contributed by atoms with Gasteiger partial charge in [0.15, 0.2) is 0 Å². The van der Waals surface area contributed by atoms with Crippen molar-refractivity contribution >= 4 is 44.7 Å². The van der Waals surface area contributed by atoms with Gasteiger partial charge in [-0.05, 0) is 38.0 Å². The summed E-state index contributed by atoms with van der Waals surface area (Å²) in [5.74, 6) is -0.363. The van der Waals surface area contributed by atoms with E-state index in [1.807, 2.05) is 18.2 Å². The maximum Gasteiger partial charge on any atom is 0.222 e. The number of thiocarbonyl (C=S) groups is 1. The van der Waals surface area contributed by atoms with Crippen molar-refractivity contribution in [3.63, 3.8) is 0 Å². The summed E-state index contributed by atoms with van der Waals surface area (Å²) in [5.41, 5.74) is 13.1. The largest absolute Gasteiger partial charge is 0.389 e. The van der Waals surface area contributed by atoms with E-state index in [0.29, 0.717) is 17.6 Å². The standard InChI is InChI=1S/C14H18BrN3OS/c1-8-2-3-9(13(16)19)7-18(8)12-6-10(15)4-5-11(12)14(17)20/h4-6,8-9H,2-3,7H2,1H3,(H2,16,19)(H2,17,20). The number of hydrogen-bond acceptors (Lipinski definition) is 3. The summed E-state index contributed by atoms with van der Waals surface area (Å²) in [6.07, 6.45) is 1.76. The molecule has 1 heterocycles. The van der Waals surface area contributed by atoms with Crippen LogP contribution in [0.3, 0.4) is 0 Å². The van der Waals surface area contributed by atoms with Gasteiger partial charge in [0, 0.05) is 28.3 Å². The zero-order valence-electron chi connectivity index (χ0n) is 11.3. The van der Waals surface area contributed by atoms with Crippen LogP contribution < -0.4 is 16.4 Å². The smallest absolute Gasteiger partial charge is 0.222 e. The van der Waals surface area contributed by atoms with Crippen molar-refractivity contribution in [3.05, 3.63) is 28.2 Å². The van der Waals surface area contributed by atoms with Gasteiger partial charge in [0.25, 0.3) is 0 Å². The van der Waals surface area contributed by atoms with Crippen LogP contribution in [-0.2, 0) is 4.79 Å². The maximum absolute atomic E-state index is 11.5. The van der Waals surface area contributed by atoms with Gasteiger partial charge in [-0.25, -0.2) is 0 Å². The highest BCUT2D eigenvalue weighted by Gasteiger charge is 2.30. The molecule has 0 bridgehead atoms. The fourth-order valence-corrected chi connectivity index (χ4v) is 3.15. The van der Waals surface area contributed by atoms with E-state index in [0.717, 1.165) is 28.6 Å². The molecule has 0 aromatic heterocycles. The molecule has 1 aromatic rings. The summed E-state index contributed by atoms with van der Waals surface area (Å²) in [6, 6.07) is 6.14. The minimum absolute atomic E-state index is 0.121. The normalized spacial score (nSPS) is 22.6. The Morgan fingerprint density at radius 2 is 2.10 bits per heavy atom. The summed E-state index contributed by atoms with van der Waals surface area (Å²) >= 11 is 8.60. The van der Waals surface area contributed by atoms with Crippen LogP contribution in [0.4, 0.5) is 5.69 Å². The van der Waals surface area contributed by atoms with Crippen LogP contribution in [0.25, 0.3) is 0 Å². The van der Waals surface area contributed by atoms with Crippen molar-refractivity contribution in [2.75, 3.05) is 11.4 Å². The first-order valence-corrected chi connectivity index (χ1v) is 7.75. The van der Waals surface area contributed by atoms with E-state index in [1.54, 1.807) is 0 Å². The van der Waals surface area contributed by atoms with Gasteiger partial charge in [0.05, 0.1) is 5.92 Å². The lowest BCUT2D eigenvalue weighted by Gasteiger charge is -2.39. The fourth-order valence-electron chi connectivity index (χ4n) is 2.63. The lowest BCUT2D eigenvalue weighted by atomic mass is 9.92. The number of piperidine rings is 1. The number of carbonyl (C=O) groups is 1. The topological polar surface area (TPSA) is 72.4 Å². The van der Waals surface area contributed by atoms with Crippen LogP contribution in [0, 0.1) is 5.92 Å². The van der Waals surface area contributed by atoms with E-state index in [4.69, 9.17) is 23.7 Å². The van der Waals surface area contributed by atoms with E-state index in [-0.39, 0.29) is 11.8 Å². The van der Waals surface area contributed by atoms with E-state index in [1.165, 1.54) is 0 Å². The van der Waals surface area contributed by atoms with Gasteiger partial charge in [-0.2, -0.15) is 0 Å². The Hall–Kier alpha value is -1.14. The van der Waals surface area contributed by atoms with Crippen LogP contribution in [0.15, 0.2) is 22.7 Å².